The molecule has 0 amide bonds. The number of rotatable bonds is 4. The van der Waals surface area contributed by atoms with Gasteiger partial charge >= 0.3 is 0 Å². The molecule has 1 aromatic heterocycles. The van der Waals surface area contributed by atoms with Gasteiger partial charge in [-0.3, -0.25) is 10.4 Å². The fourth-order valence-corrected chi connectivity index (χ4v) is 1.95. The first-order valence-corrected chi connectivity index (χ1v) is 7.18. The molecule has 0 spiro atoms. The second-order valence-electron chi connectivity index (χ2n) is 4.30. The first-order chi connectivity index (χ1) is 10.2. The molecule has 0 atom stereocenters. The Hall–Kier alpha value is -1.98. The molecule has 2 rings (SSSR count). The van der Waals surface area contributed by atoms with Gasteiger partial charge in [0.05, 0.1) is 11.4 Å². The van der Waals surface area contributed by atoms with Crippen LogP contribution in [-0.2, 0) is 6.54 Å². The highest BCUT2D eigenvalue weighted by atomic mass is 35.5. The molecule has 6 heteroatoms. The summed E-state index contributed by atoms with van der Waals surface area (Å²) in [7, 11) is 0. The number of nitrogens with zero attached hydrogens (tertiary/aromatic N) is 2. The van der Waals surface area contributed by atoms with Crippen molar-refractivity contribution in [3.63, 3.8) is 0 Å². The van der Waals surface area contributed by atoms with Crippen molar-refractivity contribution < 1.29 is 0 Å². The Bertz CT molecular complexity index is 643. The minimum atomic E-state index is 0.435. The zero-order chi connectivity index (χ0) is 15.1. The van der Waals surface area contributed by atoms with Gasteiger partial charge in [-0.25, -0.2) is 0 Å². The molecular weight excluding hydrogens is 304 g/mol. The Morgan fingerprint density at radius 2 is 2.00 bits per heavy atom. The molecular formula is C15H15ClN4S. The number of thiocarbonyl (C=S) groups is 1. The minimum absolute atomic E-state index is 0.435. The van der Waals surface area contributed by atoms with E-state index in [9.17, 15) is 0 Å². The highest BCUT2D eigenvalue weighted by Crippen LogP contribution is 2.14. The number of hydrogen-bond donors (Lipinski definition) is 2. The van der Waals surface area contributed by atoms with Gasteiger partial charge in [0.15, 0.2) is 5.11 Å². The van der Waals surface area contributed by atoms with Crippen molar-refractivity contribution in [1.29, 1.82) is 0 Å². The van der Waals surface area contributed by atoms with Crippen molar-refractivity contribution in [2.45, 2.75) is 13.5 Å². The summed E-state index contributed by atoms with van der Waals surface area (Å²) in [6.45, 7) is 2.41. The van der Waals surface area contributed by atoms with Gasteiger partial charge in [0.1, 0.15) is 0 Å². The van der Waals surface area contributed by atoms with E-state index < -0.39 is 0 Å². The van der Waals surface area contributed by atoms with Crippen molar-refractivity contribution in [3.05, 3.63) is 64.9 Å². The van der Waals surface area contributed by atoms with Gasteiger partial charge in [0.2, 0.25) is 0 Å². The van der Waals surface area contributed by atoms with Gasteiger partial charge in [0.25, 0.3) is 0 Å². The molecule has 2 N–H and O–H groups in total. The molecule has 0 radical (unpaired) electrons. The third-order valence-electron chi connectivity index (χ3n) is 2.76. The van der Waals surface area contributed by atoms with Crippen LogP contribution in [-0.4, -0.2) is 15.8 Å². The summed E-state index contributed by atoms with van der Waals surface area (Å²) < 4.78 is 0. The van der Waals surface area contributed by atoms with Crippen LogP contribution in [0.25, 0.3) is 0 Å². The van der Waals surface area contributed by atoms with Crippen molar-refractivity contribution in [2.75, 3.05) is 0 Å². The molecule has 0 bridgehead atoms. The lowest BCUT2D eigenvalue weighted by Crippen LogP contribution is -2.32. The summed E-state index contributed by atoms with van der Waals surface area (Å²) in [5, 5.41) is 8.40. The zero-order valence-electron chi connectivity index (χ0n) is 11.5. The number of nitrogens with one attached hydrogen (secondary N) is 2. The van der Waals surface area contributed by atoms with E-state index in [0.717, 1.165) is 17.0 Å². The van der Waals surface area contributed by atoms with E-state index in [1.165, 1.54) is 0 Å². The predicted molar refractivity (Wildman–Crippen MR) is 90.5 cm³/mol. The zero-order valence-corrected chi connectivity index (χ0v) is 13.1. The van der Waals surface area contributed by atoms with Crippen LogP contribution in [0.4, 0.5) is 0 Å². The van der Waals surface area contributed by atoms with Crippen LogP contribution < -0.4 is 10.7 Å². The second kappa shape index (κ2) is 7.71. The van der Waals surface area contributed by atoms with E-state index in [-0.39, 0.29) is 0 Å². The summed E-state index contributed by atoms with van der Waals surface area (Å²) >= 11 is 11.2. The molecule has 4 nitrogen and oxygen atoms in total. The molecule has 0 saturated carbocycles. The maximum Gasteiger partial charge on any atom is 0.187 e. The Morgan fingerprint density at radius 1 is 1.24 bits per heavy atom. The third-order valence-corrected chi connectivity index (χ3v) is 3.36. The number of hydrogen-bond acceptors (Lipinski definition) is 3. The number of pyridine rings is 1. The Balaban J connectivity index is 1.87. The predicted octanol–water partition coefficient (Wildman–Crippen LogP) is 3.12. The summed E-state index contributed by atoms with van der Waals surface area (Å²) in [6, 6.07) is 13.3. The monoisotopic (exact) mass is 318 g/mol. The lowest BCUT2D eigenvalue weighted by Gasteiger charge is -2.09. The maximum absolute atomic E-state index is 6.08. The molecule has 1 heterocycles. The minimum Gasteiger partial charge on any atom is -0.357 e. The molecule has 0 fully saturated rings. The molecule has 108 valence electrons. The highest BCUT2D eigenvalue weighted by molar-refractivity contribution is 7.80. The van der Waals surface area contributed by atoms with Gasteiger partial charge in [-0.2, -0.15) is 5.10 Å². The smallest absolute Gasteiger partial charge is 0.187 e. The lowest BCUT2D eigenvalue weighted by atomic mass is 10.2. The fraction of sp³-hybridized carbons (Fsp3) is 0.133. The second-order valence-corrected chi connectivity index (χ2v) is 5.11. The van der Waals surface area contributed by atoms with Gasteiger partial charge in [-0.05, 0) is 42.9 Å². The molecule has 0 unspecified atom stereocenters. The van der Waals surface area contributed by atoms with Gasteiger partial charge in [-0.15, -0.1) is 0 Å². The van der Waals surface area contributed by atoms with Gasteiger partial charge in [-0.1, -0.05) is 35.9 Å². The largest absolute Gasteiger partial charge is 0.357 e. The van der Waals surface area contributed by atoms with E-state index in [1.807, 2.05) is 49.4 Å². The van der Waals surface area contributed by atoms with Crippen molar-refractivity contribution in [2.24, 2.45) is 5.10 Å². The quantitative estimate of drug-likeness (QED) is 0.516. The highest BCUT2D eigenvalue weighted by Gasteiger charge is 2.01. The van der Waals surface area contributed by atoms with Crippen molar-refractivity contribution in [3.8, 4) is 0 Å². The van der Waals surface area contributed by atoms with E-state index in [2.05, 4.69) is 20.8 Å². The molecule has 0 aliphatic carbocycles. The molecule has 1 aromatic carbocycles. The Kier molecular flexibility index (Phi) is 5.66. The van der Waals surface area contributed by atoms with Crippen LogP contribution in [0, 0.1) is 0 Å². The summed E-state index contributed by atoms with van der Waals surface area (Å²) in [5.41, 5.74) is 5.34. The van der Waals surface area contributed by atoms with Crippen LogP contribution in [0.1, 0.15) is 18.2 Å². The first-order valence-electron chi connectivity index (χ1n) is 6.40. The van der Waals surface area contributed by atoms with E-state index in [4.69, 9.17) is 23.8 Å². The number of hydrazone groups is 1. The normalized spacial score (nSPS) is 11.0. The van der Waals surface area contributed by atoms with E-state index in [1.54, 1.807) is 6.20 Å². The topological polar surface area (TPSA) is 49.3 Å². The lowest BCUT2D eigenvalue weighted by molar-refractivity contribution is 0.866. The Labute approximate surface area is 134 Å². The standard InChI is InChI=1S/C15H15ClN4S/c1-11(14-8-4-5-9-17-14)19-20-15(21)18-10-12-6-2-3-7-13(12)16/h2-9H,10H2,1H3,(H2,18,20,21)/b19-11+. The third kappa shape index (κ3) is 4.81. The summed E-state index contributed by atoms with van der Waals surface area (Å²) in [5.74, 6) is 0. The van der Waals surface area contributed by atoms with Crippen LogP contribution in [0.15, 0.2) is 53.8 Å². The van der Waals surface area contributed by atoms with E-state index in [0.29, 0.717) is 16.7 Å². The number of halogens is 1. The molecule has 0 aliphatic rings. The van der Waals surface area contributed by atoms with Crippen LogP contribution in [0.5, 0.6) is 0 Å². The average Bonchev–Trinajstić information content (AvgIpc) is 2.52. The molecule has 2 aromatic rings. The SMILES string of the molecule is C/C(=N\NC(=S)NCc1ccccc1Cl)c1ccccn1. The number of benzene rings is 1. The maximum atomic E-state index is 6.08. The van der Waals surface area contributed by atoms with Crippen molar-refractivity contribution >= 4 is 34.6 Å². The summed E-state index contributed by atoms with van der Waals surface area (Å²) in [6.07, 6.45) is 1.72. The van der Waals surface area contributed by atoms with Crippen molar-refractivity contribution in [1.82, 2.24) is 15.7 Å². The van der Waals surface area contributed by atoms with Gasteiger partial charge < -0.3 is 5.32 Å². The molecule has 0 saturated heterocycles. The average molecular weight is 319 g/mol. The first kappa shape index (κ1) is 15.4. The van der Waals surface area contributed by atoms with Crippen LogP contribution in [0.3, 0.4) is 0 Å². The fourth-order valence-electron chi connectivity index (χ4n) is 1.63. The van der Waals surface area contributed by atoms with Crippen LogP contribution in [0.2, 0.25) is 5.02 Å². The molecule has 21 heavy (non-hydrogen) atoms. The van der Waals surface area contributed by atoms with Crippen LogP contribution >= 0.6 is 23.8 Å². The molecule has 0 aliphatic heterocycles. The van der Waals surface area contributed by atoms with E-state index >= 15 is 0 Å². The van der Waals surface area contributed by atoms with Gasteiger partial charge in [0, 0.05) is 17.8 Å². The Morgan fingerprint density at radius 3 is 2.71 bits per heavy atom. The number of aromatic nitrogens is 1. The summed E-state index contributed by atoms with van der Waals surface area (Å²) in [4.78, 5) is 4.21.